The fourth-order valence-corrected chi connectivity index (χ4v) is 2.59. The minimum atomic E-state index is 0.402. The molecule has 0 saturated carbocycles. The van der Waals surface area contributed by atoms with E-state index in [0.717, 1.165) is 23.3 Å². The van der Waals surface area contributed by atoms with Crippen LogP contribution in [0.15, 0.2) is 72.9 Å². The van der Waals surface area contributed by atoms with Crippen molar-refractivity contribution in [3.63, 3.8) is 0 Å². The van der Waals surface area contributed by atoms with E-state index in [1.807, 2.05) is 48.5 Å². The lowest BCUT2D eigenvalue weighted by Crippen LogP contribution is -2.31. The minimum absolute atomic E-state index is 0.402. The van der Waals surface area contributed by atoms with E-state index in [2.05, 4.69) is 29.0 Å². The van der Waals surface area contributed by atoms with E-state index in [1.54, 1.807) is 19.4 Å². The number of ether oxygens (including phenoxy) is 3. The van der Waals surface area contributed by atoms with Gasteiger partial charge in [-0.05, 0) is 66.2 Å². The predicted octanol–water partition coefficient (Wildman–Crippen LogP) is 3.87. The topological polar surface area (TPSA) is 64.1 Å². The largest absolute Gasteiger partial charge is 0.493 e. The summed E-state index contributed by atoms with van der Waals surface area (Å²) in [6.07, 6.45) is 6.04. The van der Waals surface area contributed by atoms with Crippen molar-refractivity contribution in [2.45, 2.75) is 6.42 Å². The van der Waals surface area contributed by atoms with Gasteiger partial charge in [0.15, 0.2) is 16.6 Å². The molecule has 30 heavy (non-hydrogen) atoms. The Morgan fingerprint density at radius 1 is 1.03 bits per heavy atom. The molecule has 0 saturated heterocycles. The summed E-state index contributed by atoms with van der Waals surface area (Å²) in [6, 6.07) is 13.4. The first-order valence-corrected chi connectivity index (χ1v) is 9.88. The van der Waals surface area contributed by atoms with Crippen molar-refractivity contribution in [3.05, 3.63) is 78.9 Å². The number of benzene rings is 2. The molecular formula is C23H27N3O3S. The number of methoxy groups -OCH3 is 1. The third-order valence-corrected chi connectivity index (χ3v) is 4.12. The van der Waals surface area contributed by atoms with Crippen LogP contribution in [0, 0.1) is 0 Å². The lowest BCUT2D eigenvalue weighted by Gasteiger charge is -2.12. The summed E-state index contributed by atoms with van der Waals surface area (Å²) in [5.74, 6) is 2.14. The maximum Gasteiger partial charge on any atom is 0.187 e. The second kappa shape index (κ2) is 13.0. The number of hydrogen-bond acceptors (Lipinski definition) is 5. The van der Waals surface area contributed by atoms with Crippen LogP contribution in [0.25, 0.3) is 0 Å². The number of allylic oxidation sites excluding steroid dienone is 1. The maximum atomic E-state index is 5.78. The number of rotatable bonds is 12. The van der Waals surface area contributed by atoms with Crippen molar-refractivity contribution in [1.82, 2.24) is 10.7 Å². The Kier molecular flexibility index (Phi) is 9.96. The first-order valence-electron chi connectivity index (χ1n) is 9.47. The Bertz CT molecular complexity index is 866. The van der Waals surface area contributed by atoms with Gasteiger partial charge in [-0.2, -0.15) is 5.10 Å². The molecule has 0 radical (unpaired) electrons. The van der Waals surface area contributed by atoms with E-state index in [9.17, 15) is 0 Å². The van der Waals surface area contributed by atoms with E-state index in [-0.39, 0.29) is 0 Å². The van der Waals surface area contributed by atoms with Crippen LogP contribution in [-0.2, 0) is 6.42 Å². The highest BCUT2D eigenvalue weighted by molar-refractivity contribution is 7.80. The predicted molar refractivity (Wildman–Crippen MR) is 126 cm³/mol. The van der Waals surface area contributed by atoms with Gasteiger partial charge in [-0.1, -0.05) is 18.2 Å². The third-order valence-electron chi connectivity index (χ3n) is 3.88. The zero-order valence-electron chi connectivity index (χ0n) is 17.1. The Morgan fingerprint density at radius 3 is 2.50 bits per heavy atom. The number of nitrogens with zero attached hydrogens (tertiary/aromatic N) is 1. The molecule has 0 aliphatic carbocycles. The summed E-state index contributed by atoms with van der Waals surface area (Å²) < 4.78 is 16.9. The average molecular weight is 426 g/mol. The highest BCUT2D eigenvalue weighted by Crippen LogP contribution is 2.28. The molecule has 0 spiro atoms. The van der Waals surface area contributed by atoms with Gasteiger partial charge in [0.2, 0.25) is 0 Å². The molecule has 0 aliphatic rings. The van der Waals surface area contributed by atoms with Crippen molar-refractivity contribution >= 4 is 23.5 Å². The van der Waals surface area contributed by atoms with Crippen molar-refractivity contribution < 1.29 is 14.2 Å². The molecule has 158 valence electrons. The van der Waals surface area contributed by atoms with Crippen LogP contribution < -0.4 is 25.0 Å². The Balaban J connectivity index is 1.76. The molecule has 6 nitrogen and oxygen atoms in total. The minimum Gasteiger partial charge on any atom is -0.493 e. The Morgan fingerprint density at radius 2 is 1.80 bits per heavy atom. The molecule has 0 bridgehead atoms. The monoisotopic (exact) mass is 425 g/mol. The van der Waals surface area contributed by atoms with Gasteiger partial charge in [0.25, 0.3) is 0 Å². The zero-order valence-corrected chi connectivity index (χ0v) is 17.9. The highest BCUT2D eigenvalue weighted by Gasteiger charge is 2.05. The van der Waals surface area contributed by atoms with Crippen LogP contribution in [0.3, 0.4) is 0 Å². The molecule has 2 N–H and O–H groups in total. The molecular weight excluding hydrogens is 398 g/mol. The van der Waals surface area contributed by atoms with Gasteiger partial charge in [0.05, 0.1) is 13.3 Å². The van der Waals surface area contributed by atoms with E-state index in [1.165, 1.54) is 0 Å². The van der Waals surface area contributed by atoms with Crippen molar-refractivity contribution in [2.24, 2.45) is 5.10 Å². The molecule has 0 aromatic heterocycles. The number of thiocarbonyl (C=S) groups is 1. The van der Waals surface area contributed by atoms with Gasteiger partial charge < -0.3 is 19.5 Å². The number of hydrogen-bond donors (Lipinski definition) is 2. The second-order valence-corrected chi connectivity index (χ2v) is 6.52. The molecule has 0 unspecified atom stereocenters. The quantitative estimate of drug-likeness (QED) is 0.177. The highest BCUT2D eigenvalue weighted by atomic mass is 32.1. The van der Waals surface area contributed by atoms with Crippen molar-refractivity contribution in [1.29, 1.82) is 0 Å². The third kappa shape index (κ3) is 7.97. The fraction of sp³-hybridized carbons (Fsp3) is 0.217. The molecule has 7 heteroatoms. The number of nitrogens with one attached hydrogen (secondary N) is 2. The zero-order chi connectivity index (χ0) is 21.6. The van der Waals surface area contributed by atoms with Crippen molar-refractivity contribution in [3.8, 4) is 17.2 Å². The van der Waals surface area contributed by atoms with E-state index >= 15 is 0 Å². The van der Waals surface area contributed by atoms with E-state index in [0.29, 0.717) is 36.4 Å². The molecule has 0 fully saturated rings. The van der Waals surface area contributed by atoms with Gasteiger partial charge in [-0.3, -0.25) is 5.43 Å². The lowest BCUT2D eigenvalue weighted by atomic mass is 10.1. The average Bonchev–Trinajstić information content (AvgIpc) is 2.77. The van der Waals surface area contributed by atoms with Crippen molar-refractivity contribution in [2.75, 3.05) is 26.9 Å². The summed E-state index contributed by atoms with van der Waals surface area (Å²) in [6.45, 7) is 8.76. The summed E-state index contributed by atoms with van der Waals surface area (Å²) in [5, 5.41) is 7.45. The van der Waals surface area contributed by atoms with Gasteiger partial charge in [0, 0.05) is 6.54 Å². The molecule has 0 heterocycles. The molecule has 2 aromatic rings. The van der Waals surface area contributed by atoms with Gasteiger partial charge in [-0.25, -0.2) is 0 Å². The summed E-state index contributed by atoms with van der Waals surface area (Å²) >= 11 is 5.06. The van der Waals surface area contributed by atoms with E-state index in [4.69, 9.17) is 26.4 Å². The molecule has 0 amide bonds. The fourth-order valence-electron chi connectivity index (χ4n) is 2.46. The maximum absolute atomic E-state index is 5.78. The van der Waals surface area contributed by atoms with Crippen LogP contribution in [-0.4, -0.2) is 38.2 Å². The summed E-state index contributed by atoms with van der Waals surface area (Å²) in [7, 11) is 1.63. The van der Waals surface area contributed by atoms with Crippen LogP contribution in [0.5, 0.6) is 17.2 Å². The lowest BCUT2D eigenvalue weighted by molar-refractivity contribution is 0.211. The van der Waals surface area contributed by atoms with Gasteiger partial charge >= 0.3 is 0 Å². The molecule has 2 rings (SSSR count). The molecule has 0 atom stereocenters. The van der Waals surface area contributed by atoms with Gasteiger partial charge in [0.1, 0.15) is 19.0 Å². The second-order valence-electron chi connectivity index (χ2n) is 6.11. The first-order chi connectivity index (χ1) is 14.7. The Labute approximate surface area is 183 Å². The normalized spacial score (nSPS) is 10.3. The summed E-state index contributed by atoms with van der Waals surface area (Å²) in [5.41, 5.74) is 4.78. The van der Waals surface area contributed by atoms with Crippen LogP contribution >= 0.6 is 12.2 Å². The van der Waals surface area contributed by atoms with Crippen LogP contribution in [0.2, 0.25) is 0 Å². The number of hydrazone groups is 1. The van der Waals surface area contributed by atoms with E-state index < -0.39 is 0 Å². The van der Waals surface area contributed by atoms with Gasteiger partial charge in [-0.15, -0.1) is 13.2 Å². The van der Waals surface area contributed by atoms with Crippen LogP contribution in [0.1, 0.15) is 11.1 Å². The Hall–Kier alpha value is -3.32. The van der Waals surface area contributed by atoms with Crippen LogP contribution in [0.4, 0.5) is 0 Å². The first kappa shape index (κ1) is 23.0. The smallest absolute Gasteiger partial charge is 0.187 e. The SMILES string of the molecule is C=CCNC(=S)N/N=C\c1ccc(OCCOc2ccc(CC=C)cc2OC)cc1. The molecule has 2 aromatic carbocycles. The standard InChI is InChI=1S/C23H27N3O3S/c1-4-6-18-9-12-21(22(16-18)27-3)29-15-14-28-20-10-7-19(8-11-20)17-25-26-23(30)24-13-5-2/h4-5,7-12,16-17H,1-2,6,13-15H2,3H3,(H2,24,26,30)/b25-17-. The summed E-state index contributed by atoms with van der Waals surface area (Å²) in [4.78, 5) is 0. The molecule has 0 aliphatic heterocycles.